The molecule has 0 unspecified atom stereocenters. The highest BCUT2D eigenvalue weighted by Gasteiger charge is 2.09. The lowest BCUT2D eigenvalue weighted by Crippen LogP contribution is -2.19. The van der Waals surface area contributed by atoms with Crippen LogP contribution in [0, 0.1) is 0 Å². The second kappa shape index (κ2) is 8.02. The molecular weight excluding hydrogens is 254 g/mol. The van der Waals surface area contributed by atoms with Crippen LogP contribution in [0.3, 0.4) is 0 Å². The Morgan fingerprint density at radius 3 is 2.94 bits per heavy atom. The quantitative estimate of drug-likeness (QED) is 0.561. The van der Waals surface area contributed by atoms with Gasteiger partial charge in [0.1, 0.15) is 4.88 Å². The van der Waals surface area contributed by atoms with Crippen LogP contribution >= 0.6 is 11.3 Å². The van der Waals surface area contributed by atoms with Crippen LogP contribution < -0.4 is 5.32 Å². The summed E-state index contributed by atoms with van der Waals surface area (Å²) in [5.41, 5.74) is 0. The molecule has 0 amide bonds. The van der Waals surface area contributed by atoms with E-state index in [4.69, 9.17) is 4.74 Å². The van der Waals surface area contributed by atoms with Crippen molar-refractivity contribution in [1.82, 2.24) is 9.88 Å². The van der Waals surface area contributed by atoms with Gasteiger partial charge in [-0.25, -0.2) is 9.78 Å². The Kier molecular flexibility index (Phi) is 6.63. The first-order chi connectivity index (χ1) is 8.63. The zero-order valence-corrected chi connectivity index (χ0v) is 11.7. The SMILES string of the molecule is COC(=O)c1cnc(NCCOCCN(C)C)s1. The van der Waals surface area contributed by atoms with Gasteiger partial charge in [-0.2, -0.15) is 0 Å². The molecule has 0 spiro atoms. The molecule has 0 aliphatic heterocycles. The van der Waals surface area contributed by atoms with Gasteiger partial charge in [0.05, 0.1) is 26.5 Å². The summed E-state index contributed by atoms with van der Waals surface area (Å²) in [4.78, 5) is 17.8. The van der Waals surface area contributed by atoms with Crippen molar-refractivity contribution in [1.29, 1.82) is 0 Å². The van der Waals surface area contributed by atoms with E-state index in [9.17, 15) is 4.79 Å². The molecule has 0 bridgehead atoms. The fraction of sp³-hybridized carbons (Fsp3) is 0.636. The summed E-state index contributed by atoms with van der Waals surface area (Å²) in [5.74, 6) is -0.359. The number of carbonyl (C=O) groups is 1. The second-order valence-electron chi connectivity index (χ2n) is 3.86. The molecule has 0 saturated heterocycles. The number of thiazole rings is 1. The molecule has 1 aromatic heterocycles. The highest BCUT2D eigenvalue weighted by Crippen LogP contribution is 2.18. The third kappa shape index (κ3) is 5.44. The number of hydrogen-bond donors (Lipinski definition) is 1. The van der Waals surface area contributed by atoms with Crippen LogP contribution in [-0.4, -0.2) is 63.4 Å². The van der Waals surface area contributed by atoms with Gasteiger partial charge in [0.15, 0.2) is 5.13 Å². The number of nitrogens with zero attached hydrogens (tertiary/aromatic N) is 2. The number of aromatic nitrogens is 1. The molecule has 0 fully saturated rings. The van der Waals surface area contributed by atoms with Gasteiger partial charge in [0.25, 0.3) is 0 Å². The van der Waals surface area contributed by atoms with Crippen molar-refractivity contribution in [3.8, 4) is 0 Å². The van der Waals surface area contributed by atoms with E-state index in [1.807, 2.05) is 14.1 Å². The van der Waals surface area contributed by atoms with Gasteiger partial charge >= 0.3 is 5.97 Å². The van der Waals surface area contributed by atoms with Crippen molar-refractivity contribution < 1.29 is 14.3 Å². The predicted octanol–water partition coefficient (Wildman–Crippen LogP) is 0.920. The third-order valence-electron chi connectivity index (χ3n) is 2.10. The van der Waals surface area contributed by atoms with Crippen molar-refractivity contribution in [2.24, 2.45) is 0 Å². The minimum Gasteiger partial charge on any atom is -0.465 e. The Bertz CT molecular complexity index is 368. The van der Waals surface area contributed by atoms with Gasteiger partial charge in [-0.1, -0.05) is 11.3 Å². The van der Waals surface area contributed by atoms with E-state index in [2.05, 4.69) is 19.9 Å². The number of esters is 1. The highest BCUT2D eigenvalue weighted by atomic mass is 32.1. The molecule has 1 rings (SSSR count). The average molecular weight is 273 g/mol. The van der Waals surface area contributed by atoms with Crippen LogP contribution in [0.4, 0.5) is 5.13 Å². The molecule has 0 aliphatic rings. The van der Waals surface area contributed by atoms with E-state index in [0.717, 1.165) is 6.54 Å². The molecule has 0 radical (unpaired) electrons. The molecule has 1 N–H and O–H groups in total. The lowest BCUT2D eigenvalue weighted by molar-refractivity contribution is 0.0606. The summed E-state index contributed by atoms with van der Waals surface area (Å²) in [6.45, 7) is 2.90. The Morgan fingerprint density at radius 1 is 1.50 bits per heavy atom. The average Bonchev–Trinajstić information content (AvgIpc) is 2.81. The molecule has 1 aromatic rings. The maximum Gasteiger partial charge on any atom is 0.349 e. The molecule has 0 aliphatic carbocycles. The van der Waals surface area contributed by atoms with E-state index in [1.165, 1.54) is 24.6 Å². The number of hydrogen-bond acceptors (Lipinski definition) is 7. The van der Waals surface area contributed by atoms with Crippen LogP contribution in [0.25, 0.3) is 0 Å². The lowest BCUT2D eigenvalue weighted by atomic mass is 10.6. The minimum absolute atomic E-state index is 0.359. The van der Waals surface area contributed by atoms with Gasteiger partial charge in [0.2, 0.25) is 0 Å². The smallest absolute Gasteiger partial charge is 0.349 e. The first-order valence-electron chi connectivity index (χ1n) is 5.64. The second-order valence-corrected chi connectivity index (χ2v) is 4.89. The standard InChI is InChI=1S/C11H19N3O3S/c1-14(2)5-7-17-6-4-12-11-13-8-9(18-11)10(15)16-3/h8H,4-7H2,1-3H3,(H,12,13). The van der Waals surface area contributed by atoms with Crippen molar-refractivity contribution in [2.45, 2.75) is 0 Å². The van der Waals surface area contributed by atoms with Gasteiger partial charge < -0.3 is 19.7 Å². The summed E-state index contributed by atoms with van der Waals surface area (Å²) in [7, 11) is 5.37. The Hall–Kier alpha value is -1.18. The van der Waals surface area contributed by atoms with Crippen molar-refractivity contribution >= 4 is 22.4 Å². The topological polar surface area (TPSA) is 63.7 Å². The number of anilines is 1. The van der Waals surface area contributed by atoms with Crippen LogP contribution in [-0.2, 0) is 9.47 Å². The molecule has 1 heterocycles. The molecule has 6 nitrogen and oxygen atoms in total. The summed E-state index contributed by atoms with van der Waals surface area (Å²) < 4.78 is 10.0. The predicted molar refractivity (Wildman–Crippen MR) is 71.3 cm³/mol. The summed E-state index contributed by atoms with van der Waals surface area (Å²) in [6, 6.07) is 0. The molecule has 18 heavy (non-hydrogen) atoms. The number of ether oxygens (including phenoxy) is 2. The largest absolute Gasteiger partial charge is 0.465 e. The molecule has 0 saturated carbocycles. The maximum atomic E-state index is 11.2. The minimum atomic E-state index is -0.359. The lowest BCUT2D eigenvalue weighted by Gasteiger charge is -2.09. The molecule has 102 valence electrons. The first kappa shape index (κ1) is 14.9. The van der Waals surface area contributed by atoms with Crippen LogP contribution in [0.2, 0.25) is 0 Å². The molecule has 7 heteroatoms. The van der Waals surface area contributed by atoms with Gasteiger partial charge in [-0.15, -0.1) is 0 Å². The van der Waals surface area contributed by atoms with Gasteiger partial charge in [-0.3, -0.25) is 0 Å². The summed E-state index contributed by atoms with van der Waals surface area (Å²) in [5, 5.41) is 3.79. The van der Waals surface area contributed by atoms with E-state index < -0.39 is 0 Å². The van der Waals surface area contributed by atoms with Gasteiger partial charge in [-0.05, 0) is 14.1 Å². The normalized spacial score (nSPS) is 10.7. The first-order valence-corrected chi connectivity index (χ1v) is 6.45. The number of likely N-dealkylation sites (N-methyl/N-ethyl adjacent to an activating group) is 1. The van der Waals surface area contributed by atoms with Crippen molar-refractivity contribution in [3.05, 3.63) is 11.1 Å². The summed E-state index contributed by atoms with van der Waals surface area (Å²) in [6.07, 6.45) is 1.51. The number of rotatable bonds is 8. The van der Waals surface area contributed by atoms with E-state index >= 15 is 0 Å². The summed E-state index contributed by atoms with van der Waals surface area (Å²) >= 11 is 1.27. The van der Waals surface area contributed by atoms with Gasteiger partial charge in [0, 0.05) is 13.1 Å². The van der Waals surface area contributed by atoms with E-state index in [1.54, 1.807) is 0 Å². The molecule has 0 atom stereocenters. The van der Waals surface area contributed by atoms with E-state index in [-0.39, 0.29) is 5.97 Å². The third-order valence-corrected chi connectivity index (χ3v) is 3.03. The number of methoxy groups -OCH3 is 1. The van der Waals surface area contributed by atoms with Crippen LogP contribution in [0.5, 0.6) is 0 Å². The fourth-order valence-corrected chi connectivity index (χ4v) is 1.89. The van der Waals surface area contributed by atoms with Crippen molar-refractivity contribution in [2.75, 3.05) is 52.8 Å². The zero-order valence-electron chi connectivity index (χ0n) is 10.9. The van der Waals surface area contributed by atoms with Crippen molar-refractivity contribution in [3.63, 3.8) is 0 Å². The zero-order chi connectivity index (χ0) is 13.4. The van der Waals surface area contributed by atoms with E-state index in [0.29, 0.717) is 29.8 Å². The Morgan fingerprint density at radius 2 is 2.28 bits per heavy atom. The Labute approximate surface area is 111 Å². The highest BCUT2D eigenvalue weighted by molar-refractivity contribution is 7.17. The number of carbonyl (C=O) groups excluding carboxylic acids is 1. The monoisotopic (exact) mass is 273 g/mol. The van der Waals surface area contributed by atoms with Crippen LogP contribution in [0.15, 0.2) is 6.20 Å². The molecule has 0 aromatic carbocycles. The van der Waals surface area contributed by atoms with Crippen LogP contribution in [0.1, 0.15) is 9.67 Å². The number of nitrogens with one attached hydrogen (secondary N) is 1. The molecular formula is C11H19N3O3S. The fourth-order valence-electron chi connectivity index (χ4n) is 1.13. The maximum absolute atomic E-state index is 11.2. The Balaban J connectivity index is 2.16.